The van der Waals surface area contributed by atoms with E-state index in [4.69, 9.17) is 15.9 Å². The highest BCUT2D eigenvalue weighted by atomic mass is 32.1. The summed E-state index contributed by atoms with van der Waals surface area (Å²) >= 11 is 1.48. The van der Waals surface area contributed by atoms with Crippen LogP contribution in [0.2, 0.25) is 0 Å². The molecule has 0 bridgehead atoms. The molecule has 0 spiro atoms. The first-order chi connectivity index (χ1) is 14.6. The number of amidine groups is 2. The van der Waals surface area contributed by atoms with Gasteiger partial charge in [0.2, 0.25) is 11.8 Å². The van der Waals surface area contributed by atoms with E-state index < -0.39 is 18.0 Å². The summed E-state index contributed by atoms with van der Waals surface area (Å²) in [6, 6.07) is 1.95. The quantitative estimate of drug-likeness (QED) is 0.371. The SMILES string of the molecule is CCCc1cc2c(N3CCN(C(=N)C(F)(F)F)C(=N)C3)nc(NCCC(=O)O)nc2s1. The number of thiophene rings is 1. The maximum absolute atomic E-state index is 12.9. The summed E-state index contributed by atoms with van der Waals surface area (Å²) in [6.45, 7) is 2.00. The van der Waals surface area contributed by atoms with Crippen LogP contribution in [0.1, 0.15) is 24.6 Å². The summed E-state index contributed by atoms with van der Waals surface area (Å²) in [5.74, 6) is -2.16. The van der Waals surface area contributed by atoms with Crippen LogP contribution < -0.4 is 10.2 Å². The third-order valence-corrected chi connectivity index (χ3v) is 5.73. The molecule has 9 nitrogen and oxygen atoms in total. The minimum absolute atomic E-state index is 0.120. The summed E-state index contributed by atoms with van der Waals surface area (Å²) in [5, 5.41) is 27.8. The molecule has 1 aliphatic heterocycles. The first-order valence-electron chi connectivity index (χ1n) is 9.62. The van der Waals surface area contributed by atoms with Crippen LogP contribution >= 0.6 is 11.3 Å². The number of aliphatic carboxylic acids is 1. The van der Waals surface area contributed by atoms with E-state index in [9.17, 15) is 18.0 Å². The largest absolute Gasteiger partial charge is 0.481 e. The summed E-state index contributed by atoms with van der Waals surface area (Å²) in [4.78, 5) is 23.8. The Morgan fingerprint density at radius 1 is 1.35 bits per heavy atom. The molecule has 2 aromatic rings. The van der Waals surface area contributed by atoms with E-state index >= 15 is 0 Å². The topological polar surface area (TPSA) is 129 Å². The summed E-state index contributed by atoms with van der Waals surface area (Å²) in [6.07, 6.45) is -3.16. The number of aromatic nitrogens is 2. The Kier molecular flexibility index (Phi) is 6.62. The molecule has 168 valence electrons. The molecule has 13 heteroatoms. The number of carbonyl (C=O) groups is 1. The number of carboxylic acid groups (broad SMARTS) is 1. The molecule has 0 radical (unpaired) electrons. The standard InChI is InChI=1S/C18H22F3N7O2S/c1-2-3-10-8-11-14(25-17(26-15(11)31-10)24-5-4-13(29)30)27-6-7-28(12(22)9-27)16(23)18(19,20)21/h8,22-23H,2-7,9H2,1H3,(H,29,30)(H,24,25,26). The van der Waals surface area contributed by atoms with Crippen molar-refractivity contribution in [3.05, 3.63) is 10.9 Å². The van der Waals surface area contributed by atoms with E-state index in [0.717, 1.165) is 23.1 Å². The van der Waals surface area contributed by atoms with Crippen LogP contribution in [0, 0.1) is 10.8 Å². The van der Waals surface area contributed by atoms with Crippen LogP contribution in [-0.2, 0) is 11.2 Å². The second-order valence-electron chi connectivity index (χ2n) is 6.99. The van der Waals surface area contributed by atoms with Gasteiger partial charge in [-0.3, -0.25) is 15.6 Å². The summed E-state index contributed by atoms with van der Waals surface area (Å²) < 4.78 is 38.7. The predicted molar refractivity (Wildman–Crippen MR) is 113 cm³/mol. The van der Waals surface area contributed by atoms with Crippen molar-refractivity contribution in [1.29, 1.82) is 10.8 Å². The summed E-state index contributed by atoms with van der Waals surface area (Å²) in [7, 11) is 0. The van der Waals surface area contributed by atoms with Gasteiger partial charge in [-0.15, -0.1) is 11.3 Å². The first-order valence-corrected chi connectivity index (χ1v) is 10.4. The Morgan fingerprint density at radius 2 is 2.10 bits per heavy atom. The highest BCUT2D eigenvalue weighted by molar-refractivity contribution is 7.18. The van der Waals surface area contributed by atoms with Crippen LogP contribution in [0.5, 0.6) is 0 Å². The maximum Gasteiger partial charge on any atom is 0.449 e. The number of nitrogens with one attached hydrogen (secondary N) is 3. The smallest absolute Gasteiger partial charge is 0.449 e. The van der Waals surface area contributed by atoms with Crippen molar-refractivity contribution in [1.82, 2.24) is 14.9 Å². The van der Waals surface area contributed by atoms with Gasteiger partial charge in [0.15, 0.2) is 0 Å². The van der Waals surface area contributed by atoms with Crippen LogP contribution in [0.15, 0.2) is 6.07 Å². The molecule has 0 aromatic carbocycles. The zero-order valence-electron chi connectivity index (χ0n) is 16.7. The zero-order chi connectivity index (χ0) is 22.8. The first kappa shape index (κ1) is 22.7. The third-order valence-electron chi connectivity index (χ3n) is 4.64. The fourth-order valence-corrected chi connectivity index (χ4v) is 4.33. The number of hydrogen-bond donors (Lipinski definition) is 4. The average Bonchev–Trinajstić information content (AvgIpc) is 3.08. The minimum Gasteiger partial charge on any atom is -0.481 e. The number of nitrogens with zero attached hydrogens (tertiary/aromatic N) is 4. The molecule has 1 aliphatic rings. The van der Waals surface area contributed by atoms with Crippen molar-refractivity contribution >= 4 is 51.0 Å². The number of piperazine rings is 1. The molecule has 31 heavy (non-hydrogen) atoms. The van der Waals surface area contributed by atoms with Gasteiger partial charge < -0.3 is 20.2 Å². The van der Waals surface area contributed by atoms with Gasteiger partial charge >= 0.3 is 12.1 Å². The van der Waals surface area contributed by atoms with Gasteiger partial charge in [0.05, 0.1) is 18.4 Å². The van der Waals surface area contributed by atoms with Gasteiger partial charge in [-0.05, 0) is 12.5 Å². The fraction of sp³-hybridized carbons (Fsp3) is 0.500. The average molecular weight is 457 g/mol. The monoisotopic (exact) mass is 457 g/mol. The number of carboxylic acids is 1. The molecular weight excluding hydrogens is 435 g/mol. The van der Waals surface area contributed by atoms with Crippen LogP contribution in [0.3, 0.4) is 0 Å². The molecular formula is C18H22F3N7O2S. The molecule has 1 fully saturated rings. The van der Waals surface area contributed by atoms with E-state index in [2.05, 4.69) is 15.3 Å². The lowest BCUT2D eigenvalue weighted by molar-refractivity contribution is -0.136. The Balaban J connectivity index is 1.89. The second kappa shape index (κ2) is 9.04. The minimum atomic E-state index is -4.82. The van der Waals surface area contributed by atoms with Crippen molar-refractivity contribution in [2.45, 2.75) is 32.4 Å². The van der Waals surface area contributed by atoms with Gasteiger partial charge in [0.25, 0.3) is 0 Å². The Hall–Kier alpha value is -2.96. The van der Waals surface area contributed by atoms with Gasteiger partial charge in [0, 0.05) is 24.5 Å². The summed E-state index contributed by atoms with van der Waals surface area (Å²) in [5.41, 5.74) is 0. The van der Waals surface area contributed by atoms with Gasteiger partial charge in [-0.2, -0.15) is 18.2 Å². The number of fused-ring (bicyclic) bond motifs is 1. The van der Waals surface area contributed by atoms with Crippen molar-refractivity contribution in [3.63, 3.8) is 0 Å². The molecule has 3 heterocycles. The van der Waals surface area contributed by atoms with Crippen LogP contribution in [0.4, 0.5) is 24.9 Å². The van der Waals surface area contributed by atoms with Gasteiger partial charge in [0.1, 0.15) is 16.5 Å². The van der Waals surface area contributed by atoms with Crippen molar-refractivity contribution in [2.75, 3.05) is 36.4 Å². The fourth-order valence-electron chi connectivity index (χ4n) is 3.21. The molecule has 4 N–H and O–H groups in total. The maximum atomic E-state index is 12.9. The van der Waals surface area contributed by atoms with Crippen molar-refractivity contribution in [2.24, 2.45) is 0 Å². The van der Waals surface area contributed by atoms with Crippen molar-refractivity contribution in [3.8, 4) is 0 Å². The highest BCUT2D eigenvalue weighted by Crippen LogP contribution is 2.33. The Morgan fingerprint density at radius 3 is 2.71 bits per heavy atom. The van der Waals surface area contributed by atoms with E-state index in [0.29, 0.717) is 15.5 Å². The second-order valence-corrected chi connectivity index (χ2v) is 8.10. The number of anilines is 2. The number of hydrogen-bond acceptors (Lipinski definition) is 8. The molecule has 3 rings (SSSR count). The Labute approximate surface area is 179 Å². The lowest BCUT2D eigenvalue weighted by atomic mass is 10.2. The number of rotatable bonds is 7. The molecule has 0 saturated carbocycles. The van der Waals surface area contributed by atoms with E-state index in [-0.39, 0.29) is 44.4 Å². The molecule has 0 amide bonds. The zero-order valence-corrected chi connectivity index (χ0v) is 17.5. The normalized spacial score (nSPS) is 14.9. The van der Waals surface area contributed by atoms with Crippen LogP contribution in [-0.4, -0.2) is 70.0 Å². The molecule has 2 aromatic heterocycles. The van der Waals surface area contributed by atoms with E-state index in [1.807, 2.05) is 13.0 Å². The highest BCUT2D eigenvalue weighted by Gasteiger charge is 2.41. The lowest BCUT2D eigenvalue weighted by Crippen LogP contribution is -2.55. The number of halogens is 3. The van der Waals surface area contributed by atoms with Crippen LogP contribution in [0.25, 0.3) is 10.2 Å². The van der Waals surface area contributed by atoms with Crippen molar-refractivity contribution < 1.29 is 23.1 Å². The van der Waals surface area contributed by atoms with E-state index in [1.165, 1.54) is 11.3 Å². The Bertz CT molecular complexity index is 1010. The predicted octanol–water partition coefficient (Wildman–Crippen LogP) is 3.17. The lowest BCUT2D eigenvalue weighted by Gasteiger charge is -2.37. The molecule has 0 unspecified atom stereocenters. The number of aryl methyl sites for hydroxylation is 1. The molecule has 0 atom stereocenters. The molecule has 0 aliphatic carbocycles. The van der Waals surface area contributed by atoms with Gasteiger partial charge in [-0.1, -0.05) is 13.3 Å². The third kappa shape index (κ3) is 5.21. The van der Waals surface area contributed by atoms with Gasteiger partial charge in [-0.25, -0.2) is 4.98 Å². The molecule has 1 saturated heterocycles. The number of alkyl halides is 3. The van der Waals surface area contributed by atoms with E-state index in [1.54, 1.807) is 4.90 Å².